The van der Waals surface area contributed by atoms with Gasteiger partial charge in [-0.15, -0.1) is 0 Å². The van der Waals surface area contributed by atoms with Gasteiger partial charge >= 0.3 is 5.97 Å². The summed E-state index contributed by atoms with van der Waals surface area (Å²) in [4.78, 5) is 10.3. The number of hydrogen-bond donors (Lipinski definition) is 4. The third kappa shape index (κ3) is 16.7. The number of carboxylic acids is 1. The van der Waals surface area contributed by atoms with Gasteiger partial charge in [0, 0.05) is 6.42 Å². The Morgan fingerprint density at radius 1 is 0.840 bits per heavy atom. The molecule has 4 N–H and O–H groups in total. The Balaban J connectivity index is 3.95. The molecule has 5 heteroatoms. The molecule has 0 bridgehead atoms. The lowest BCUT2D eigenvalue weighted by atomic mass is 10.1. The van der Waals surface area contributed by atoms with Crippen LogP contribution in [0.25, 0.3) is 0 Å². The highest BCUT2D eigenvalue weighted by Crippen LogP contribution is 2.02. The zero-order chi connectivity index (χ0) is 18.9. The third-order valence-corrected chi connectivity index (χ3v) is 3.27. The Bertz CT molecular complexity index is 488. The maximum atomic E-state index is 10.3. The summed E-state index contributed by atoms with van der Waals surface area (Å²) in [6.45, 7) is 1.90. The van der Waals surface area contributed by atoms with Crippen molar-refractivity contribution in [3.63, 3.8) is 0 Å². The summed E-state index contributed by atoms with van der Waals surface area (Å²) in [7, 11) is 0. The second-order valence-electron chi connectivity index (χ2n) is 5.60. The molecule has 0 rings (SSSR count). The van der Waals surface area contributed by atoms with Gasteiger partial charge in [-0.3, -0.25) is 4.79 Å². The molecule has 0 aromatic heterocycles. The van der Waals surface area contributed by atoms with E-state index in [1.165, 1.54) is 0 Å². The number of aliphatic hydroxyl groups is 3. The molecule has 2 unspecified atom stereocenters. The monoisotopic (exact) mass is 350 g/mol. The number of rotatable bonds is 13. The van der Waals surface area contributed by atoms with Gasteiger partial charge in [0.2, 0.25) is 0 Å². The molecule has 0 heterocycles. The summed E-state index contributed by atoms with van der Waals surface area (Å²) in [6, 6.07) is 0. The van der Waals surface area contributed by atoms with E-state index < -0.39 is 24.3 Å². The smallest absolute Gasteiger partial charge is 0.303 e. The van der Waals surface area contributed by atoms with E-state index in [4.69, 9.17) is 5.11 Å². The molecule has 0 aromatic rings. The first-order chi connectivity index (χ1) is 12.0. The fourth-order valence-electron chi connectivity index (χ4n) is 1.78. The van der Waals surface area contributed by atoms with Crippen LogP contribution < -0.4 is 0 Å². The molecule has 0 radical (unpaired) electrons. The lowest BCUT2D eigenvalue weighted by Gasteiger charge is -2.02. The van der Waals surface area contributed by atoms with Gasteiger partial charge in [0.05, 0.1) is 18.3 Å². The van der Waals surface area contributed by atoms with Gasteiger partial charge < -0.3 is 20.4 Å². The Kier molecular flexibility index (Phi) is 14.4. The minimum atomic E-state index is -0.857. The van der Waals surface area contributed by atoms with Crippen LogP contribution in [0, 0.1) is 0 Å². The first-order valence-electron chi connectivity index (χ1n) is 8.56. The maximum absolute atomic E-state index is 10.3. The van der Waals surface area contributed by atoms with Crippen LogP contribution in [-0.2, 0) is 4.79 Å². The maximum Gasteiger partial charge on any atom is 0.303 e. The number of aliphatic hydroxyl groups excluding tert-OH is 3. The Labute approximate surface area is 150 Å². The largest absolute Gasteiger partial charge is 0.481 e. The molecular formula is C20H30O5. The molecule has 0 aliphatic heterocycles. The van der Waals surface area contributed by atoms with E-state index in [1.54, 1.807) is 54.7 Å². The van der Waals surface area contributed by atoms with Crippen LogP contribution in [0.4, 0.5) is 0 Å². The molecule has 0 saturated carbocycles. The predicted molar refractivity (Wildman–Crippen MR) is 100 cm³/mol. The first kappa shape index (κ1) is 23.1. The van der Waals surface area contributed by atoms with Crippen molar-refractivity contribution in [2.45, 2.75) is 57.3 Å². The highest BCUT2D eigenvalue weighted by molar-refractivity contribution is 5.66. The van der Waals surface area contributed by atoms with Crippen molar-refractivity contribution in [2.75, 3.05) is 0 Å². The van der Waals surface area contributed by atoms with Gasteiger partial charge in [0.15, 0.2) is 0 Å². The van der Waals surface area contributed by atoms with Crippen molar-refractivity contribution >= 4 is 5.97 Å². The van der Waals surface area contributed by atoms with E-state index >= 15 is 0 Å². The number of carboxylic acid groups (broad SMARTS) is 1. The summed E-state index contributed by atoms with van der Waals surface area (Å²) in [5.41, 5.74) is 0. The molecule has 5 nitrogen and oxygen atoms in total. The molecule has 25 heavy (non-hydrogen) atoms. The van der Waals surface area contributed by atoms with Crippen molar-refractivity contribution in [1.82, 2.24) is 0 Å². The van der Waals surface area contributed by atoms with E-state index in [2.05, 4.69) is 0 Å². The molecule has 0 aliphatic carbocycles. The lowest BCUT2D eigenvalue weighted by molar-refractivity contribution is -0.137. The van der Waals surface area contributed by atoms with Crippen LogP contribution in [0.5, 0.6) is 0 Å². The topological polar surface area (TPSA) is 98.0 Å². The zero-order valence-corrected chi connectivity index (χ0v) is 14.7. The Hall–Kier alpha value is -1.95. The molecule has 0 spiro atoms. The van der Waals surface area contributed by atoms with Gasteiger partial charge in [-0.05, 0) is 25.7 Å². The fourth-order valence-corrected chi connectivity index (χ4v) is 1.78. The minimum Gasteiger partial charge on any atom is -0.481 e. The van der Waals surface area contributed by atoms with E-state index in [1.807, 2.05) is 13.0 Å². The number of carbonyl (C=O) groups is 1. The van der Waals surface area contributed by atoms with Gasteiger partial charge in [-0.1, -0.05) is 67.7 Å². The fraction of sp³-hybridized carbons (Fsp3) is 0.450. The average molecular weight is 350 g/mol. The zero-order valence-electron chi connectivity index (χ0n) is 14.7. The first-order valence-corrected chi connectivity index (χ1v) is 8.56. The summed E-state index contributed by atoms with van der Waals surface area (Å²) < 4.78 is 0. The summed E-state index contributed by atoms with van der Waals surface area (Å²) in [6.07, 6.45) is 17.6. The summed E-state index contributed by atoms with van der Waals surface area (Å²) >= 11 is 0. The number of aliphatic carboxylic acids is 1. The van der Waals surface area contributed by atoms with Crippen LogP contribution in [-0.4, -0.2) is 44.7 Å². The average Bonchev–Trinajstić information content (AvgIpc) is 2.57. The normalized spacial score (nSPS) is 16.6. The van der Waals surface area contributed by atoms with Crippen molar-refractivity contribution in [1.29, 1.82) is 0 Å². The highest BCUT2D eigenvalue weighted by atomic mass is 16.4. The van der Waals surface area contributed by atoms with Crippen molar-refractivity contribution < 1.29 is 25.2 Å². The predicted octanol–water partition coefficient (Wildman–Crippen LogP) is 2.91. The Morgan fingerprint density at radius 3 is 2.00 bits per heavy atom. The van der Waals surface area contributed by atoms with E-state index in [-0.39, 0.29) is 6.42 Å². The quantitative estimate of drug-likeness (QED) is 0.383. The molecule has 0 fully saturated rings. The number of allylic oxidation sites excluding steroid dienone is 6. The standard InChI is InChI=1S/C20H30O5/c1-2-17(21)11-8-5-9-14-18(22)12-6-3-4-7-13-19(23)15-10-16-20(24)25/h3-9,11-13,17-19,21-23H,2,10,14-16H2,1H3,(H,24,25)/b4-3+,9-5-,11-8+,12-6+,13-7+/t17?,18-,19?/m0/s1. The van der Waals surface area contributed by atoms with Crippen LogP contribution in [0.2, 0.25) is 0 Å². The van der Waals surface area contributed by atoms with Crippen molar-refractivity contribution in [2.24, 2.45) is 0 Å². The van der Waals surface area contributed by atoms with E-state index in [9.17, 15) is 20.1 Å². The van der Waals surface area contributed by atoms with Crippen LogP contribution in [0.1, 0.15) is 39.0 Å². The number of hydrogen-bond acceptors (Lipinski definition) is 4. The van der Waals surface area contributed by atoms with Gasteiger partial charge in [-0.2, -0.15) is 0 Å². The molecule has 0 aromatic carbocycles. The van der Waals surface area contributed by atoms with Crippen molar-refractivity contribution in [3.8, 4) is 0 Å². The van der Waals surface area contributed by atoms with Gasteiger partial charge in [0.25, 0.3) is 0 Å². The van der Waals surface area contributed by atoms with Crippen molar-refractivity contribution in [3.05, 3.63) is 60.8 Å². The molecule has 140 valence electrons. The van der Waals surface area contributed by atoms with E-state index in [0.717, 1.165) is 0 Å². The van der Waals surface area contributed by atoms with Crippen LogP contribution >= 0.6 is 0 Å². The van der Waals surface area contributed by atoms with E-state index in [0.29, 0.717) is 25.7 Å². The third-order valence-electron chi connectivity index (χ3n) is 3.27. The van der Waals surface area contributed by atoms with Crippen LogP contribution in [0.3, 0.4) is 0 Å². The SMILES string of the molecule is CCC(O)/C=C/C=C\C[C@@H](O)/C=C/C=C/C=C/C(O)CCCC(=O)O. The molecule has 3 atom stereocenters. The summed E-state index contributed by atoms with van der Waals surface area (Å²) in [5, 5.41) is 37.2. The molecule has 0 amide bonds. The molecule has 0 saturated heterocycles. The second kappa shape index (κ2) is 15.6. The minimum absolute atomic E-state index is 0.0603. The van der Waals surface area contributed by atoms with Gasteiger partial charge in [-0.25, -0.2) is 0 Å². The highest BCUT2D eigenvalue weighted by Gasteiger charge is 2.01. The molecule has 0 aliphatic rings. The second-order valence-corrected chi connectivity index (χ2v) is 5.60. The lowest BCUT2D eigenvalue weighted by Crippen LogP contribution is -2.03. The van der Waals surface area contributed by atoms with Crippen LogP contribution in [0.15, 0.2) is 60.8 Å². The Morgan fingerprint density at radius 2 is 1.40 bits per heavy atom. The molecular weight excluding hydrogens is 320 g/mol. The van der Waals surface area contributed by atoms with Gasteiger partial charge in [0.1, 0.15) is 0 Å². The summed E-state index contributed by atoms with van der Waals surface area (Å²) in [5.74, 6) is -0.857.